The van der Waals surface area contributed by atoms with Crippen LogP contribution in [0.1, 0.15) is 12.8 Å². The molecule has 126 valence electrons. The third-order valence-corrected chi connectivity index (χ3v) is 3.45. The number of nitrogens with zero attached hydrogens (tertiary/aromatic N) is 3. The molecule has 0 atom stereocenters. The summed E-state index contributed by atoms with van der Waals surface area (Å²) < 4.78 is 41.0. The van der Waals surface area contributed by atoms with Gasteiger partial charge in [-0.15, -0.1) is 13.2 Å². The highest BCUT2D eigenvalue weighted by molar-refractivity contribution is 9.10. The van der Waals surface area contributed by atoms with Crippen molar-refractivity contribution in [3.05, 3.63) is 22.7 Å². The molecule has 1 heterocycles. The molecule has 6 nitrogen and oxygen atoms in total. The second kappa shape index (κ2) is 7.07. The van der Waals surface area contributed by atoms with E-state index in [-0.39, 0.29) is 17.6 Å². The van der Waals surface area contributed by atoms with E-state index in [1.807, 2.05) is 4.90 Å². The molecule has 23 heavy (non-hydrogen) atoms. The standard InChI is InChI=1S/C13H15BrF3N5O/c14-8-5-9(7-10(6-8)23-13(15,16)17)20-11(18)21-12(19)22-3-1-2-4-22/h5-7H,1-4H2,(H4,18,19,20,21). The zero-order chi connectivity index (χ0) is 17.0. The minimum absolute atomic E-state index is 0.148. The maximum absolute atomic E-state index is 12.3. The number of aliphatic imine (C=N–C) groups is 2. The van der Waals surface area contributed by atoms with Crippen molar-refractivity contribution in [2.75, 3.05) is 13.1 Å². The van der Waals surface area contributed by atoms with Gasteiger partial charge in [0.1, 0.15) is 5.75 Å². The van der Waals surface area contributed by atoms with Gasteiger partial charge < -0.3 is 21.1 Å². The molecule has 0 aliphatic carbocycles. The second-order valence-electron chi connectivity index (χ2n) is 4.83. The summed E-state index contributed by atoms with van der Waals surface area (Å²) in [5, 5.41) is 0. The highest BCUT2D eigenvalue weighted by atomic mass is 79.9. The average Bonchev–Trinajstić information content (AvgIpc) is 2.88. The van der Waals surface area contributed by atoms with E-state index in [0.717, 1.165) is 32.0 Å². The summed E-state index contributed by atoms with van der Waals surface area (Å²) in [4.78, 5) is 9.77. The molecule has 4 N–H and O–H groups in total. The third-order valence-electron chi connectivity index (χ3n) is 2.99. The number of alkyl halides is 3. The normalized spacial score (nSPS) is 16.8. The number of hydrogen-bond acceptors (Lipinski definition) is 2. The average molecular weight is 394 g/mol. The minimum Gasteiger partial charge on any atom is -0.406 e. The van der Waals surface area contributed by atoms with Crippen LogP contribution in [0.5, 0.6) is 5.75 Å². The predicted octanol–water partition coefficient (Wildman–Crippen LogP) is 2.70. The Morgan fingerprint density at radius 1 is 1.17 bits per heavy atom. The number of rotatable bonds is 2. The Morgan fingerprint density at radius 3 is 2.43 bits per heavy atom. The summed E-state index contributed by atoms with van der Waals surface area (Å²) in [5.41, 5.74) is 11.6. The largest absolute Gasteiger partial charge is 0.573 e. The van der Waals surface area contributed by atoms with Crippen molar-refractivity contribution in [1.29, 1.82) is 0 Å². The van der Waals surface area contributed by atoms with Crippen molar-refractivity contribution in [2.24, 2.45) is 21.5 Å². The lowest BCUT2D eigenvalue weighted by atomic mass is 10.3. The maximum atomic E-state index is 12.3. The highest BCUT2D eigenvalue weighted by Gasteiger charge is 2.31. The molecule has 2 rings (SSSR count). The third kappa shape index (κ3) is 5.62. The van der Waals surface area contributed by atoms with E-state index >= 15 is 0 Å². The summed E-state index contributed by atoms with van der Waals surface area (Å²) >= 11 is 3.09. The van der Waals surface area contributed by atoms with Crippen molar-refractivity contribution in [3.8, 4) is 5.75 Å². The van der Waals surface area contributed by atoms with Gasteiger partial charge >= 0.3 is 6.36 Å². The molecule has 10 heteroatoms. The van der Waals surface area contributed by atoms with Crippen LogP contribution >= 0.6 is 15.9 Å². The topological polar surface area (TPSA) is 89.2 Å². The Kier molecular flexibility index (Phi) is 5.34. The molecular formula is C13H15BrF3N5O. The van der Waals surface area contributed by atoms with Gasteiger partial charge in [0.25, 0.3) is 0 Å². The smallest absolute Gasteiger partial charge is 0.406 e. The second-order valence-corrected chi connectivity index (χ2v) is 5.74. The summed E-state index contributed by atoms with van der Waals surface area (Å²) in [6.45, 7) is 1.59. The summed E-state index contributed by atoms with van der Waals surface area (Å²) in [6.07, 6.45) is -2.74. The van der Waals surface area contributed by atoms with E-state index in [1.165, 1.54) is 12.1 Å². The van der Waals surface area contributed by atoms with Crippen LogP contribution in [0, 0.1) is 0 Å². The zero-order valence-corrected chi connectivity index (χ0v) is 13.6. The van der Waals surface area contributed by atoms with Gasteiger partial charge in [-0.3, -0.25) is 0 Å². The van der Waals surface area contributed by atoms with Crippen molar-refractivity contribution >= 4 is 33.5 Å². The molecule has 0 spiro atoms. The van der Waals surface area contributed by atoms with E-state index in [1.54, 1.807) is 0 Å². The van der Waals surface area contributed by atoms with Crippen LogP contribution < -0.4 is 16.2 Å². The quantitative estimate of drug-likeness (QED) is 0.596. The molecule has 0 amide bonds. The van der Waals surface area contributed by atoms with Crippen LogP contribution in [0.25, 0.3) is 0 Å². The van der Waals surface area contributed by atoms with Gasteiger partial charge in [0.15, 0.2) is 5.96 Å². The summed E-state index contributed by atoms with van der Waals surface area (Å²) in [5.74, 6) is -0.314. The first-order valence-corrected chi connectivity index (χ1v) is 7.52. The van der Waals surface area contributed by atoms with Crippen LogP contribution in [0.4, 0.5) is 18.9 Å². The molecule has 0 radical (unpaired) electrons. The molecule has 1 aliphatic heterocycles. The Bertz CT molecular complexity index is 627. The summed E-state index contributed by atoms with van der Waals surface area (Å²) in [6, 6.07) is 3.76. The maximum Gasteiger partial charge on any atom is 0.573 e. The zero-order valence-electron chi connectivity index (χ0n) is 12.0. The highest BCUT2D eigenvalue weighted by Crippen LogP contribution is 2.30. The Labute approximate surface area is 139 Å². The number of nitrogens with two attached hydrogens (primary N) is 2. The summed E-state index contributed by atoms with van der Waals surface area (Å²) in [7, 11) is 0. The van der Waals surface area contributed by atoms with Crippen LogP contribution in [0.15, 0.2) is 32.7 Å². The molecule has 0 bridgehead atoms. The van der Waals surface area contributed by atoms with Crippen LogP contribution in [0.3, 0.4) is 0 Å². The predicted molar refractivity (Wildman–Crippen MR) is 84.5 cm³/mol. The number of guanidine groups is 2. The molecule has 0 unspecified atom stereocenters. The van der Waals surface area contributed by atoms with E-state index in [9.17, 15) is 13.2 Å². The van der Waals surface area contributed by atoms with Crippen molar-refractivity contribution in [3.63, 3.8) is 0 Å². The van der Waals surface area contributed by atoms with E-state index in [2.05, 4.69) is 30.7 Å². The minimum atomic E-state index is -4.79. The van der Waals surface area contributed by atoms with Gasteiger partial charge in [0.2, 0.25) is 5.96 Å². The molecule has 1 aliphatic rings. The molecule has 0 aromatic heterocycles. The monoisotopic (exact) mass is 393 g/mol. The lowest BCUT2D eigenvalue weighted by Gasteiger charge is -2.15. The lowest BCUT2D eigenvalue weighted by Crippen LogP contribution is -2.36. The molecule has 1 aromatic carbocycles. The first-order chi connectivity index (χ1) is 10.7. The molecule has 1 aromatic rings. The van der Waals surface area contributed by atoms with Crippen LogP contribution in [-0.4, -0.2) is 36.3 Å². The molecular weight excluding hydrogens is 379 g/mol. The lowest BCUT2D eigenvalue weighted by molar-refractivity contribution is -0.274. The Balaban J connectivity index is 2.18. The first-order valence-electron chi connectivity index (χ1n) is 6.72. The number of likely N-dealkylation sites (tertiary alicyclic amines) is 1. The molecule has 0 saturated carbocycles. The van der Waals surface area contributed by atoms with Gasteiger partial charge in [-0.25, -0.2) is 4.99 Å². The SMILES string of the molecule is NC(=Nc1cc(Br)cc(OC(F)(F)F)c1)/N=C(\N)N1CCCC1. The van der Waals surface area contributed by atoms with Crippen LogP contribution in [0.2, 0.25) is 0 Å². The number of benzene rings is 1. The van der Waals surface area contributed by atoms with Gasteiger partial charge in [0.05, 0.1) is 5.69 Å². The van der Waals surface area contributed by atoms with E-state index < -0.39 is 12.1 Å². The van der Waals surface area contributed by atoms with Crippen LogP contribution in [-0.2, 0) is 0 Å². The fourth-order valence-electron chi connectivity index (χ4n) is 2.10. The fourth-order valence-corrected chi connectivity index (χ4v) is 2.56. The van der Waals surface area contributed by atoms with Gasteiger partial charge in [0, 0.05) is 23.6 Å². The molecule has 1 saturated heterocycles. The van der Waals surface area contributed by atoms with E-state index in [0.29, 0.717) is 4.47 Å². The van der Waals surface area contributed by atoms with Gasteiger partial charge in [-0.05, 0) is 25.0 Å². The fraction of sp³-hybridized carbons (Fsp3) is 0.385. The number of halogens is 4. The van der Waals surface area contributed by atoms with Crippen molar-refractivity contribution in [2.45, 2.75) is 19.2 Å². The van der Waals surface area contributed by atoms with Gasteiger partial charge in [-0.2, -0.15) is 4.99 Å². The van der Waals surface area contributed by atoms with Gasteiger partial charge in [-0.1, -0.05) is 15.9 Å². The first kappa shape index (κ1) is 17.4. The Morgan fingerprint density at radius 2 is 1.83 bits per heavy atom. The van der Waals surface area contributed by atoms with Crippen molar-refractivity contribution in [1.82, 2.24) is 4.90 Å². The number of hydrogen-bond donors (Lipinski definition) is 2. The molecule has 1 fully saturated rings. The van der Waals surface area contributed by atoms with Crippen molar-refractivity contribution < 1.29 is 17.9 Å². The van der Waals surface area contributed by atoms with E-state index in [4.69, 9.17) is 11.5 Å². The number of ether oxygens (including phenoxy) is 1. The Hall–Kier alpha value is -1.97.